The van der Waals surface area contributed by atoms with Crippen molar-refractivity contribution in [1.29, 1.82) is 0 Å². The maximum absolute atomic E-state index is 11.9. The summed E-state index contributed by atoms with van der Waals surface area (Å²) in [7, 11) is 0. The first-order valence-electron chi connectivity index (χ1n) is 5.69. The van der Waals surface area contributed by atoms with E-state index >= 15 is 0 Å². The van der Waals surface area contributed by atoms with E-state index in [1.54, 1.807) is 24.3 Å². The Morgan fingerprint density at radius 3 is 2.20 bits per heavy atom. The lowest BCUT2D eigenvalue weighted by Gasteiger charge is -2.04. The van der Waals surface area contributed by atoms with Gasteiger partial charge < -0.3 is 15.3 Å². The summed E-state index contributed by atoms with van der Waals surface area (Å²) in [5, 5.41) is 27.8. The number of allylic oxidation sites excluding steroid dienone is 4. The first-order valence-corrected chi connectivity index (χ1v) is 5.69. The van der Waals surface area contributed by atoms with E-state index in [9.17, 15) is 19.8 Å². The fraction of sp³-hybridized carbons (Fsp3) is 0.0667. The predicted molar refractivity (Wildman–Crippen MR) is 70.6 cm³/mol. The molecule has 1 aliphatic carbocycles. The summed E-state index contributed by atoms with van der Waals surface area (Å²) < 4.78 is 0. The van der Waals surface area contributed by atoms with Crippen LogP contribution in [0.2, 0.25) is 0 Å². The van der Waals surface area contributed by atoms with Crippen molar-refractivity contribution in [3.05, 3.63) is 47.6 Å². The molecule has 0 saturated heterocycles. The molecule has 5 nitrogen and oxygen atoms in total. The highest BCUT2D eigenvalue weighted by Crippen LogP contribution is 2.27. The van der Waals surface area contributed by atoms with E-state index in [0.29, 0.717) is 0 Å². The molecule has 5 heteroatoms. The molecule has 0 saturated carbocycles. The quantitative estimate of drug-likeness (QED) is 0.432. The third kappa shape index (κ3) is 2.70. The van der Waals surface area contributed by atoms with Crippen LogP contribution in [0.25, 0.3) is 0 Å². The molecule has 0 unspecified atom stereocenters. The number of Topliss-reactive ketones (excluding diaryl/α,β-unsaturated/α-hetero) is 1. The number of phenolic OH excluding ortho intramolecular Hbond substituents is 1. The van der Waals surface area contributed by atoms with Gasteiger partial charge in [0.2, 0.25) is 5.78 Å². The van der Waals surface area contributed by atoms with Crippen molar-refractivity contribution >= 4 is 11.8 Å². The van der Waals surface area contributed by atoms with Gasteiger partial charge in [0.1, 0.15) is 17.1 Å². The Balaban J connectivity index is 2.34. The Morgan fingerprint density at radius 2 is 1.60 bits per heavy atom. The van der Waals surface area contributed by atoms with Gasteiger partial charge in [-0.15, -0.1) is 0 Å². The number of carboxylic acids is 1. The fourth-order valence-electron chi connectivity index (χ4n) is 1.67. The molecule has 0 spiro atoms. The van der Waals surface area contributed by atoms with E-state index in [4.69, 9.17) is 5.11 Å². The van der Waals surface area contributed by atoms with Gasteiger partial charge >= 0.3 is 5.97 Å². The minimum Gasteiger partial charge on any atom is -0.507 e. The number of rotatable bonds is 2. The number of hydrogen-bond acceptors (Lipinski definition) is 4. The van der Waals surface area contributed by atoms with E-state index < -0.39 is 28.8 Å². The van der Waals surface area contributed by atoms with Gasteiger partial charge in [-0.05, 0) is 12.0 Å². The SMILES string of the molecule is O=C(O)c1cc(C(=O)C#CC2C=CC=C2)c(O)cc1O. The average molecular weight is 270 g/mol. The van der Waals surface area contributed by atoms with Crippen LogP contribution in [0.1, 0.15) is 20.7 Å². The lowest BCUT2D eigenvalue weighted by Crippen LogP contribution is -2.02. The number of carbonyl (C=O) groups excluding carboxylic acids is 1. The molecule has 0 radical (unpaired) electrons. The van der Waals surface area contributed by atoms with Gasteiger partial charge in [-0.1, -0.05) is 30.2 Å². The standard InChI is InChI=1S/C15H10O5/c16-12(6-5-9-3-1-2-4-9)10-7-11(15(19)20)14(18)8-13(10)17/h1-4,7-9,17-18H,(H,19,20). The lowest BCUT2D eigenvalue weighted by atomic mass is 10.0. The van der Waals surface area contributed by atoms with Crippen LogP contribution >= 0.6 is 0 Å². The molecule has 0 aliphatic heterocycles. The summed E-state index contributed by atoms with van der Waals surface area (Å²) in [4.78, 5) is 22.7. The van der Waals surface area contributed by atoms with Gasteiger partial charge in [0.25, 0.3) is 0 Å². The Morgan fingerprint density at radius 1 is 1.00 bits per heavy atom. The molecule has 0 fully saturated rings. The number of benzene rings is 1. The molecule has 20 heavy (non-hydrogen) atoms. The number of hydrogen-bond donors (Lipinski definition) is 3. The highest BCUT2D eigenvalue weighted by atomic mass is 16.4. The monoisotopic (exact) mass is 270 g/mol. The van der Waals surface area contributed by atoms with E-state index in [1.165, 1.54) is 0 Å². The molecule has 0 amide bonds. The number of carboxylic acid groups (broad SMARTS) is 1. The Bertz CT molecular complexity index is 689. The smallest absolute Gasteiger partial charge is 0.339 e. The molecule has 1 aliphatic rings. The van der Waals surface area contributed by atoms with E-state index in [1.807, 2.05) is 0 Å². The molecular weight excluding hydrogens is 260 g/mol. The average Bonchev–Trinajstić information content (AvgIpc) is 2.88. The summed E-state index contributed by atoms with van der Waals surface area (Å²) in [5.41, 5.74) is -0.715. The molecule has 1 aromatic rings. The number of aromatic carboxylic acids is 1. The zero-order valence-corrected chi connectivity index (χ0v) is 10.2. The third-order valence-corrected chi connectivity index (χ3v) is 2.69. The number of phenols is 2. The topological polar surface area (TPSA) is 94.8 Å². The molecule has 0 aromatic heterocycles. The van der Waals surface area contributed by atoms with Gasteiger partial charge in [-0.25, -0.2) is 4.79 Å². The minimum atomic E-state index is -1.40. The van der Waals surface area contributed by atoms with Crippen LogP contribution in [-0.2, 0) is 0 Å². The molecule has 0 heterocycles. The summed E-state index contributed by atoms with van der Waals surface area (Å²) in [5.74, 6) is 1.62. The van der Waals surface area contributed by atoms with E-state index in [0.717, 1.165) is 12.1 Å². The summed E-state index contributed by atoms with van der Waals surface area (Å²) >= 11 is 0. The Kier molecular flexibility index (Phi) is 3.58. The highest BCUT2D eigenvalue weighted by Gasteiger charge is 2.17. The minimum absolute atomic E-state index is 0.169. The first-order chi connectivity index (χ1) is 9.49. The predicted octanol–water partition coefficient (Wildman–Crippen LogP) is 1.72. The van der Waals surface area contributed by atoms with Crippen molar-refractivity contribution in [2.45, 2.75) is 0 Å². The number of ketones is 1. The Labute approximate surface area is 114 Å². The van der Waals surface area contributed by atoms with Crippen molar-refractivity contribution in [3.8, 4) is 23.3 Å². The van der Waals surface area contributed by atoms with Gasteiger partial charge in [0, 0.05) is 6.07 Å². The van der Waals surface area contributed by atoms with Gasteiger partial charge in [0.05, 0.1) is 11.5 Å². The van der Waals surface area contributed by atoms with Crippen LogP contribution in [0, 0.1) is 17.8 Å². The molecular formula is C15H10O5. The van der Waals surface area contributed by atoms with Crippen LogP contribution < -0.4 is 0 Å². The maximum Gasteiger partial charge on any atom is 0.339 e. The van der Waals surface area contributed by atoms with Crippen molar-refractivity contribution in [2.75, 3.05) is 0 Å². The molecule has 0 bridgehead atoms. The van der Waals surface area contributed by atoms with Crippen molar-refractivity contribution in [2.24, 2.45) is 5.92 Å². The molecule has 0 atom stereocenters. The van der Waals surface area contributed by atoms with Crippen LogP contribution in [-0.4, -0.2) is 27.1 Å². The van der Waals surface area contributed by atoms with Crippen LogP contribution in [0.5, 0.6) is 11.5 Å². The van der Waals surface area contributed by atoms with Crippen LogP contribution in [0.4, 0.5) is 0 Å². The highest BCUT2D eigenvalue weighted by molar-refractivity contribution is 6.12. The third-order valence-electron chi connectivity index (χ3n) is 2.69. The van der Waals surface area contributed by atoms with Crippen molar-refractivity contribution in [3.63, 3.8) is 0 Å². The van der Waals surface area contributed by atoms with Gasteiger partial charge in [-0.2, -0.15) is 0 Å². The molecule has 1 aromatic carbocycles. The largest absolute Gasteiger partial charge is 0.507 e. The molecule has 3 N–H and O–H groups in total. The summed E-state index contributed by atoms with van der Waals surface area (Å²) in [6, 6.07) is 1.72. The zero-order valence-electron chi connectivity index (χ0n) is 10.2. The van der Waals surface area contributed by atoms with E-state index in [-0.39, 0.29) is 11.5 Å². The molecule has 100 valence electrons. The van der Waals surface area contributed by atoms with Gasteiger partial charge in [-0.3, -0.25) is 4.79 Å². The Hall–Kier alpha value is -3.00. The normalized spacial score (nSPS) is 13.0. The van der Waals surface area contributed by atoms with Crippen molar-refractivity contribution < 1.29 is 24.9 Å². The van der Waals surface area contributed by atoms with Crippen molar-refractivity contribution in [1.82, 2.24) is 0 Å². The maximum atomic E-state index is 11.9. The van der Waals surface area contributed by atoms with Gasteiger partial charge in [0.15, 0.2) is 0 Å². The summed E-state index contributed by atoms with van der Waals surface area (Å²) in [6.07, 6.45) is 7.17. The summed E-state index contributed by atoms with van der Waals surface area (Å²) in [6.45, 7) is 0. The number of carbonyl (C=O) groups is 2. The lowest BCUT2D eigenvalue weighted by molar-refractivity contribution is 0.0693. The van der Waals surface area contributed by atoms with Crippen LogP contribution in [0.3, 0.4) is 0 Å². The second-order valence-electron chi connectivity index (χ2n) is 4.09. The van der Waals surface area contributed by atoms with E-state index in [2.05, 4.69) is 11.8 Å². The fourth-order valence-corrected chi connectivity index (χ4v) is 1.67. The van der Waals surface area contributed by atoms with Crippen LogP contribution in [0.15, 0.2) is 36.4 Å². The molecule has 2 rings (SSSR count). The first kappa shape index (κ1) is 13.4. The zero-order chi connectivity index (χ0) is 14.7. The second-order valence-corrected chi connectivity index (χ2v) is 4.09. The number of aromatic hydroxyl groups is 2. The second kappa shape index (κ2) is 5.33.